The van der Waals surface area contributed by atoms with Crippen molar-refractivity contribution in [2.45, 2.75) is 38.9 Å². The lowest BCUT2D eigenvalue weighted by Crippen LogP contribution is -2.41. The summed E-state index contributed by atoms with van der Waals surface area (Å²) < 4.78 is 37.3. The zero-order valence-electron chi connectivity index (χ0n) is 31.1. The molecule has 50 heavy (non-hydrogen) atoms. The van der Waals surface area contributed by atoms with Gasteiger partial charge in [-0.15, -0.1) is 0 Å². The topological polar surface area (TPSA) is 163 Å². The van der Waals surface area contributed by atoms with Crippen molar-refractivity contribution in [1.29, 1.82) is 0 Å². The SMILES string of the molecule is CC1(C)OB(c2ccc(N)c(P(C)(C)=O)c2)OC1(C)C.CN(C)c1cnc(-c2ccc(N)c(P(C)(C)=O)c2)cn1.CN(C)c1cnc(Br)cn1. The van der Waals surface area contributed by atoms with Gasteiger partial charge in [-0.2, -0.15) is 0 Å². The van der Waals surface area contributed by atoms with E-state index in [4.69, 9.17) is 20.8 Å². The Morgan fingerprint density at radius 2 is 1.14 bits per heavy atom. The lowest BCUT2D eigenvalue weighted by atomic mass is 9.79. The third kappa shape index (κ3) is 10.6. The smallest absolute Gasteiger partial charge is 0.399 e. The van der Waals surface area contributed by atoms with Crippen molar-refractivity contribution in [1.82, 2.24) is 19.9 Å². The fourth-order valence-corrected chi connectivity index (χ4v) is 7.07. The first-order valence-corrected chi connectivity index (χ1v) is 21.8. The molecule has 0 unspecified atom stereocenters. The van der Waals surface area contributed by atoms with Crippen LogP contribution in [0.15, 0.2) is 65.8 Å². The number of anilines is 4. The summed E-state index contributed by atoms with van der Waals surface area (Å²) in [7, 11) is 2.40. The largest absolute Gasteiger partial charge is 0.494 e. The van der Waals surface area contributed by atoms with Gasteiger partial charge < -0.3 is 39.7 Å². The van der Waals surface area contributed by atoms with Crippen LogP contribution in [-0.2, 0) is 18.4 Å². The molecule has 270 valence electrons. The molecule has 0 atom stereocenters. The highest BCUT2D eigenvalue weighted by Gasteiger charge is 2.51. The molecule has 2 aromatic heterocycles. The Balaban J connectivity index is 0.000000214. The molecule has 1 fully saturated rings. The summed E-state index contributed by atoms with van der Waals surface area (Å²) in [5.74, 6) is 1.66. The van der Waals surface area contributed by atoms with E-state index in [1.165, 1.54) is 0 Å². The molecule has 1 aliphatic heterocycles. The van der Waals surface area contributed by atoms with Gasteiger partial charge in [0, 0.05) is 55.7 Å². The van der Waals surface area contributed by atoms with E-state index >= 15 is 0 Å². The van der Waals surface area contributed by atoms with Crippen LogP contribution in [-0.4, -0.2) is 93.1 Å². The van der Waals surface area contributed by atoms with Gasteiger partial charge in [-0.1, -0.05) is 12.1 Å². The van der Waals surface area contributed by atoms with E-state index in [1.54, 1.807) is 63.6 Å². The van der Waals surface area contributed by atoms with Crippen LogP contribution in [0.5, 0.6) is 0 Å². The molecule has 0 radical (unpaired) electrons. The molecule has 0 spiro atoms. The zero-order chi connectivity index (χ0) is 37.8. The van der Waals surface area contributed by atoms with E-state index in [2.05, 4.69) is 35.9 Å². The number of hydrogen-bond acceptors (Lipinski definition) is 12. The van der Waals surface area contributed by atoms with Crippen molar-refractivity contribution in [2.75, 3.05) is 76.1 Å². The number of halogens is 1. The lowest BCUT2D eigenvalue weighted by molar-refractivity contribution is 0.00578. The number of nitrogens with zero attached hydrogens (tertiary/aromatic N) is 6. The average molecular weight is 787 g/mol. The van der Waals surface area contributed by atoms with Gasteiger partial charge in [0.1, 0.15) is 30.5 Å². The van der Waals surface area contributed by atoms with E-state index in [-0.39, 0.29) is 11.2 Å². The summed E-state index contributed by atoms with van der Waals surface area (Å²) in [5, 5.41) is 1.37. The molecule has 0 aliphatic carbocycles. The average Bonchev–Trinajstić information content (AvgIpc) is 3.23. The summed E-state index contributed by atoms with van der Waals surface area (Å²) >= 11 is 3.20. The minimum Gasteiger partial charge on any atom is -0.399 e. The molecule has 0 amide bonds. The Morgan fingerprint density at radius 1 is 0.680 bits per heavy atom. The minimum absolute atomic E-state index is 0.388. The first-order chi connectivity index (χ1) is 22.9. The third-order valence-electron chi connectivity index (χ3n) is 8.23. The van der Waals surface area contributed by atoms with Crippen LogP contribution in [0, 0.1) is 0 Å². The quantitative estimate of drug-likeness (QED) is 0.150. The molecule has 1 aliphatic rings. The van der Waals surface area contributed by atoms with E-state index in [9.17, 15) is 9.13 Å². The Labute approximate surface area is 305 Å². The van der Waals surface area contributed by atoms with Crippen molar-refractivity contribution < 1.29 is 18.4 Å². The van der Waals surface area contributed by atoms with Crippen molar-refractivity contribution >= 4 is 76.4 Å². The maximum absolute atomic E-state index is 12.3. The molecular formula is C34H50BBrN8O4P2. The summed E-state index contributed by atoms with van der Waals surface area (Å²) in [6, 6.07) is 11.0. The molecule has 12 nitrogen and oxygen atoms in total. The Kier molecular flexibility index (Phi) is 13.1. The van der Waals surface area contributed by atoms with Gasteiger partial charge in [-0.3, -0.25) is 4.98 Å². The highest BCUT2D eigenvalue weighted by atomic mass is 79.9. The second kappa shape index (κ2) is 16.0. The standard InChI is InChI=1S/C14H23BNO3P.C14H19N4OP.C6H8BrN3/c1-13(2)14(3,4)19-15(18-13)10-7-8-11(16)12(9-10)20(5,6)17;1-18(2)14-9-16-12(8-17-14)10-5-6-11(15)13(7-10)20(3,4)19;1-10(2)6-4-8-5(7)3-9-6/h7-9H,16H2,1-6H3;5-9H,15H2,1-4H3;3-4H,1-2H3. The minimum atomic E-state index is -2.42. The molecular weight excluding hydrogens is 737 g/mol. The Bertz CT molecular complexity index is 1850. The van der Waals surface area contributed by atoms with Gasteiger partial charge in [-0.25, -0.2) is 15.0 Å². The molecule has 3 heterocycles. The second-order valence-electron chi connectivity index (χ2n) is 14.1. The van der Waals surface area contributed by atoms with Crippen molar-refractivity contribution in [3.63, 3.8) is 0 Å². The van der Waals surface area contributed by atoms with Crippen LogP contribution >= 0.6 is 30.2 Å². The molecule has 4 N–H and O–H groups in total. The molecule has 2 aromatic carbocycles. The summed E-state index contributed by atoms with van der Waals surface area (Å²) in [4.78, 5) is 20.6. The normalized spacial score (nSPS) is 14.9. The van der Waals surface area contributed by atoms with E-state index in [0.717, 1.165) is 33.0 Å². The van der Waals surface area contributed by atoms with Crippen LogP contribution < -0.4 is 37.3 Å². The molecule has 0 bridgehead atoms. The predicted octanol–water partition coefficient (Wildman–Crippen LogP) is 5.16. The second-order valence-corrected chi connectivity index (χ2v) is 21.3. The Hall–Kier alpha value is -3.28. The van der Waals surface area contributed by atoms with Crippen LogP contribution in [0.25, 0.3) is 11.3 Å². The number of nitrogen functional groups attached to an aromatic ring is 2. The first-order valence-electron chi connectivity index (χ1n) is 15.8. The monoisotopic (exact) mass is 786 g/mol. The van der Waals surface area contributed by atoms with Gasteiger partial charge in [0.15, 0.2) is 0 Å². The fourth-order valence-electron chi connectivity index (χ4n) is 4.56. The molecule has 4 aromatic rings. The Morgan fingerprint density at radius 3 is 1.56 bits per heavy atom. The fraction of sp³-hybridized carbons (Fsp3) is 0.412. The van der Waals surface area contributed by atoms with Crippen LogP contribution in [0.3, 0.4) is 0 Å². The zero-order valence-corrected chi connectivity index (χ0v) is 34.5. The van der Waals surface area contributed by atoms with Gasteiger partial charge in [0.05, 0.1) is 41.7 Å². The van der Waals surface area contributed by atoms with Gasteiger partial charge in [0.2, 0.25) is 0 Å². The van der Waals surface area contributed by atoms with Gasteiger partial charge in [0.25, 0.3) is 0 Å². The molecule has 5 rings (SSSR count). The third-order valence-corrected chi connectivity index (χ3v) is 11.7. The number of nitrogens with two attached hydrogens (primary N) is 2. The molecule has 1 saturated heterocycles. The number of benzene rings is 2. The van der Waals surface area contributed by atoms with Crippen LogP contribution in [0.1, 0.15) is 27.7 Å². The molecule has 0 saturated carbocycles. The van der Waals surface area contributed by atoms with Gasteiger partial charge >= 0.3 is 7.12 Å². The van der Waals surface area contributed by atoms with Gasteiger partial charge in [-0.05, 0) is 100 Å². The van der Waals surface area contributed by atoms with E-state index in [1.807, 2.05) is 90.0 Å². The van der Waals surface area contributed by atoms with Crippen LogP contribution in [0.4, 0.5) is 23.0 Å². The number of aromatic nitrogens is 4. The van der Waals surface area contributed by atoms with Crippen molar-refractivity contribution in [3.8, 4) is 11.3 Å². The number of hydrogen-bond donors (Lipinski definition) is 2. The summed E-state index contributed by atoms with van der Waals surface area (Å²) in [6.45, 7) is 14.9. The predicted molar refractivity (Wildman–Crippen MR) is 215 cm³/mol. The maximum atomic E-state index is 12.3. The van der Waals surface area contributed by atoms with E-state index in [0.29, 0.717) is 22.0 Å². The van der Waals surface area contributed by atoms with Crippen LogP contribution in [0.2, 0.25) is 0 Å². The lowest BCUT2D eigenvalue weighted by Gasteiger charge is -2.32. The number of rotatable bonds is 6. The molecule has 16 heteroatoms. The maximum Gasteiger partial charge on any atom is 0.494 e. The summed E-state index contributed by atoms with van der Waals surface area (Å²) in [5.41, 5.74) is 14.6. The van der Waals surface area contributed by atoms with Crippen molar-refractivity contribution in [2.24, 2.45) is 0 Å². The first kappa shape index (κ1) is 41.1. The summed E-state index contributed by atoms with van der Waals surface area (Å²) in [6.07, 6.45) is 6.81. The highest BCUT2D eigenvalue weighted by Crippen LogP contribution is 2.39. The highest BCUT2D eigenvalue weighted by molar-refractivity contribution is 9.10. The van der Waals surface area contributed by atoms with Crippen molar-refractivity contribution in [3.05, 3.63) is 65.8 Å². The van der Waals surface area contributed by atoms with E-state index < -0.39 is 21.4 Å².